The van der Waals surface area contributed by atoms with E-state index in [0.29, 0.717) is 16.6 Å². The van der Waals surface area contributed by atoms with Crippen molar-refractivity contribution in [2.45, 2.75) is 20.3 Å². The van der Waals surface area contributed by atoms with Crippen molar-refractivity contribution in [3.8, 4) is 0 Å². The van der Waals surface area contributed by atoms with Crippen LogP contribution in [0.3, 0.4) is 0 Å². The zero-order valence-electron chi connectivity index (χ0n) is 10.9. The van der Waals surface area contributed by atoms with Crippen LogP contribution in [0.2, 0.25) is 5.02 Å². The number of carbonyl (C=O) groups excluding carboxylic acids is 2. The first-order valence-corrected chi connectivity index (χ1v) is 6.58. The van der Waals surface area contributed by atoms with Crippen molar-refractivity contribution in [1.82, 2.24) is 0 Å². The van der Waals surface area contributed by atoms with Crippen LogP contribution in [0.15, 0.2) is 18.2 Å². The summed E-state index contributed by atoms with van der Waals surface area (Å²) in [5.74, 6) is -0.262. The van der Waals surface area contributed by atoms with E-state index in [1.807, 2.05) is 13.8 Å². The van der Waals surface area contributed by atoms with Crippen LogP contribution in [0, 0.1) is 18.8 Å². The molecule has 4 nitrogen and oxygen atoms in total. The van der Waals surface area contributed by atoms with Gasteiger partial charge in [-0.05, 0) is 43.0 Å². The fraction of sp³-hybridized carbons (Fsp3) is 0.429. The fourth-order valence-corrected chi connectivity index (χ4v) is 2.07. The topological polar surface area (TPSA) is 55.4 Å². The first-order valence-electron chi connectivity index (χ1n) is 6.20. The van der Waals surface area contributed by atoms with E-state index in [1.54, 1.807) is 18.2 Å². The Morgan fingerprint density at radius 3 is 2.74 bits per heavy atom. The molecule has 19 heavy (non-hydrogen) atoms. The van der Waals surface area contributed by atoms with Gasteiger partial charge in [-0.3, -0.25) is 9.59 Å². The second kappa shape index (κ2) is 5.61. The van der Waals surface area contributed by atoms with Crippen molar-refractivity contribution in [1.29, 1.82) is 0 Å². The van der Waals surface area contributed by atoms with E-state index in [1.165, 1.54) is 0 Å². The van der Waals surface area contributed by atoms with Crippen molar-refractivity contribution in [3.63, 3.8) is 0 Å². The number of ether oxygens (including phenoxy) is 1. The highest BCUT2D eigenvalue weighted by Crippen LogP contribution is 2.38. The third kappa shape index (κ3) is 3.70. The fourth-order valence-electron chi connectivity index (χ4n) is 1.85. The van der Waals surface area contributed by atoms with E-state index in [2.05, 4.69) is 5.32 Å². The number of hydrogen-bond donors (Lipinski definition) is 1. The highest BCUT2D eigenvalue weighted by Gasteiger charge is 2.40. The average molecular weight is 282 g/mol. The number of aryl methyl sites for hydroxylation is 1. The van der Waals surface area contributed by atoms with Gasteiger partial charge in [0.25, 0.3) is 5.91 Å². The predicted octanol–water partition coefficient (Wildman–Crippen LogP) is 2.79. The molecule has 0 aliphatic heterocycles. The van der Waals surface area contributed by atoms with Gasteiger partial charge in [0, 0.05) is 10.7 Å². The van der Waals surface area contributed by atoms with Crippen LogP contribution in [0.25, 0.3) is 0 Å². The summed E-state index contributed by atoms with van der Waals surface area (Å²) in [6, 6.07) is 5.18. The summed E-state index contributed by atoms with van der Waals surface area (Å²) >= 11 is 5.83. The maximum absolute atomic E-state index is 11.7. The number of rotatable bonds is 4. The Morgan fingerprint density at radius 2 is 2.16 bits per heavy atom. The number of halogens is 1. The lowest BCUT2D eigenvalue weighted by atomic mass is 10.2. The van der Waals surface area contributed by atoms with Gasteiger partial charge in [-0.15, -0.1) is 0 Å². The Hall–Kier alpha value is -1.55. The summed E-state index contributed by atoms with van der Waals surface area (Å²) in [6.45, 7) is 3.59. The number of nitrogens with one attached hydrogen (secondary N) is 1. The number of carbonyl (C=O) groups is 2. The molecule has 102 valence electrons. The molecule has 0 unspecified atom stereocenters. The monoisotopic (exact) mass is 281 g/mol. The van der Waals surface area contributed by atoms with Crippen LogP contribution in [0.4, 0.5) is 5.69 Å². The van der Waals surface area contributed by atoms with Crippen molar-refractivity contribution in [3.05, 3.63) is 28.8 Å². The Kier molecular flexibility index (Phi) is 4.10. The number of benzene rings is 1. The molecule has 0 spiro atoms. The molecular formula is C14H16ClNO3. The minimum atomic E-state index is -0.341. The van der Waals surface area contributed by atoms with Gasteiger partial charge in [0.2, 0.25) is 0 Å². The zero-order chi connectivity index (χ0) is 14.0. The second-order valence-corrected chi connectivity index (χ2v) is 5.37. The van der Waals surface area contributed by atoms with E-state index >= 15 is 0 Å². The van der Waals surface area contributed by atoms with E-state index in [0.717, 1.165) is 12.0 Å². The minimum Gasteiger partial charge on any atom is -0.455 e. The van der Waals surface area contributed by atoms with E-state index < -0.39 is 0 Å². The molecule has 0 heterocycles. The van der Waals surface area contributed by atoms with Crippen LogP contribution in [-0.2, 0) is 14.3 Å². The smallest absolute Gasteiger partial charge is 0.309 e. The Labute approximate surface area is 117 Å². The third-order valence-electron chi connectivity index (χ3n) is 3.22. The number of amides is 1. The first kappa shape index (κ1) is 13.9. The SMILES string of the molecule is Cc1cc(Cl)ccc1NC(=O)COC(=O)[C@H]1C[C@H]1C. The van der Waals surface area contributed by atoms with Gasteiger partial charge < -0.3 is 10.1 Å². The molecule has 0 radical (unpaired) electrons. The number of hydrogen-bond acceptors (Lipinski definition) is 3. The van der Waals surface area contributed by atoms with Gasteiger partial charge in [-0.1, -0.05) is 18.5 Å². The lowest BCUT2D eigenvalue weighted by Crippen LogP contribution is -2.22. The minimum absolute atomic E-state index is 0.0231. The Balaban J connectivity index is 1.82. The maximum atomic E-state index is 11.7. The third-order valence-corrected chi connectivity index (χ3v) is 3.46. The van der Waals surface area contributed by atoms with Crippen LogP contribution < -0.4 is 5.32 Å². The van der Waals surface area contributed by atoms with E-state index in [-0.39, 0.29) is 24.4 Å². The molecule has 2 rings (SSSR count). The lowest BCUT2D eigenvalue weighted by molar-refractivity contribution is -0.148. The summed E-state index contributed by atoms with van der Waals surface area (Å²) in [5, 5.41) is 3.30. The van der Waals surface area contributed by atoms with E-state index in [4.69, 9.17) is 16.3 Å². The summed E-state index contributed by atoms with van der Waals surface area (Å²) in [5.41, 5.74) is 1.54. The number of esters is 1. The molecule has 1 N–H and O–H groups in total. The van der Waals surface area contributed by atoms with Crippen molar-refractivity contribution in [2.24, 2.45) is 11.8 Å². The predicted molar refractivity (Wildman–Crippen MR) is 73.0 cm³/mol. The molecule has 0 bridgehead atoms. The molecule has 1 amide bonds. The first-order chi connectivity index (χ1) is 8.97. The summed E-state index contributed by atoms with van der Waals surface area (Å²) in [4.78, 5) is 23.1. The normalized spacial score (nSPS) is 20.8. The highest BCUT2D eigenvalue weighted by molar-refractivity contribution is 6.30. The molecule has 1 aliphatic carbocycles. The highest BCUT2D eigenvalue weighted by atomic mass is 35.5. The van der Waals surface area contributed by atoms with Gasteiger partial charge in [-0.25, -0.2) is 0 Å². The molecule has 1 saturated carbocycles. The molecule has 1 fully saturated rings. The van der Waals surface area contributed by atoms with Crippen molar-refractivity contribution in [2.75, 3.05) is 11.9 Å². The summed E-state index contributed by atoms with van der Waals surface area (Å²) in [6.07, 6.45) is 0.858. The molecule has 2 atom stereocenters. The maximum Gasteiger partial charge on any atom is 0.309 e. The second-order valence-electron chi connectivity index (χ2n) is 4.93. The molecule has 1 aromatic carbocycles. The van der Waals surface area contributed by atoms with Crippen LogP contribution >= 0.6 is 11.6 Å². The lowest BCUT2D eigenvalue weighted by Gasteiger charge is -2.09. The quantitative estimate of drug-likeness (QED) is 0.864. The largest absolute Gasteiger partial charge is 0.455 e. The summed E-state index contributed by atoms with van der Waals surface area (Å²) in [7, 11) is 0. The number of anilines is 1. The Morgan fingerprint density at radius 1 is 1.47 bits per heavy atom. The van der Waals surface area contributed by atoms with Crippen molar-refractivity contribution >= 4 is 29.2 Å². The van der Waals surface area contributed by atoms with Gasteiger partial charge >= 0.3 is 5.97 Å². The van der Waals surface area contributed by atoms with Gasteiger partial charge in [-0.2, -0.15) is 0 Å². The van der Waals surface area contributed by atoms with Gasteiger partial charge in [0.05, 0.1) is 5.92 Å². The van der Waals surface area contributed by atoms with Crippen LogP contribution in [0.1, 0.15) is 18.9 Å². The summed E-state index contributed by atoms with van der Waals surface area (Å²) < 4.78 is 4.96. The van der Waals surface area contributed by atoms with E-state index in [9.17, 15) is 9.59 Å². The molecule has 0 aromatic heterocycles. The average Bonchev–Trinajstić information content (AvgIpc) is 3.07. The standard InChI is InChI=1S/C14H16ClNO3/c1-8-6-11(8)14(18)19-7-13(17)16-12-4-3-10(15)5-9(12)2/h3-5,8,11H,6-7H2,1-2H3,(H,16,17)/t8-,11+/m1/s1. The van der Waals surface area contributed by atoms with Gasteiger partial charge in [0.1, 0.15) is 0 Å². The Bertz CT molecular complexity index is 515. The zero-order valence-corrected chi connectivity index (χ0v) is 11.7. The molecule has 1 aliphatic rings. The van der Waals surface area contributed by atoms with Crippen LogP contribution in [-0.4, -0.2) is 18.5 Å². The molecular weight excluding hydrogens is 266 g/mol. The van der Waals surface area contributed by atoms with Crippen LogP contribution in [0.5, 0.6) is 0 Å². The molecule has 1 aromatic rings. The molecule has 0 saturated heterocycles. The molecule has 5 heteroatoms. The van der Waals surface area contributed by atoms with Gasteiger partial charge in [0.15, 0.2) is 6.61 Å². The van der Waals surface area contributed by atoms with Crippen molar-refractivity contribution < 1.29 is 14.3 Å².